The van der Waals surface area contributed by atoms with Crippen molar-refractivity contribution in [3.8, 4) is 5.75 Å². The van der Waals surface area contributed by atoms with Gasteiger partial charge >= 0.3 is 0 Å². The second-order valence-corrected chi connectivity index (χ2v) is 5.82. The Morgan fingerprint density at radius 2 is 1.88 bits per heavy atom. The van der Waals surface area contributed by atoms with Crippen molar-refractivity contribution in [3.63, 3.8) is 0 Å². The third kappa shape index (κ3) is 3.69. The van der Waals surface area contributed by atoms with Gasteiger partial charge in [0.15, 0.2) is 0 Å². The maximum atomic E-state index is 12.1. The Balaban J connectivity index is 1.64. The van der Waals surface area contributed by atoms with E-state index in [4.69, 9.17) is 9.15 Å². The van der Waals surface area contributed by atoms with Gasteiger partial charge in [-0.2, -0.15) is 0 Å². The van der Waals surface area contributed by atoms with Crippen molar-refractivity contribution < 1.29 is 18.7 Å². The first-order valence-corrected chi connectivity index (χ1v) is 8.23. The van der Waals surface area contributed by atoms with E-state index in [1.165, 1.54) is 6.26 Å². The Morgan fingerprint density at radius 3 is 2.62 bits per heavy atom. The number of methoxy groups -OCH3 is 1. The molecule has 0 aliphatic rings. The van der Waals surface area contributed by atoms with Gasteiger partial charge in [-0.25, -0.2) is 0 Å². The number of carbonyl (C=O) groups is 2. The molecule has 0 saturated heterocycles. The minimum absolute atomic E-state index is 0.115. The summed E-state index contributed by atoms with van der Waals surface area (Å²) in [6.45, 7) is 1.89. The number of benzene rings is 2. The van der Waals surface area contributed by atoms with Gasteiger partial charge in [0.25, 0.3) is 5.91 Å². The number of ether oxygens (including phenoxy) is 1. The molecule has 2 aromatic carbocycles. The highest BCUT2D eigenvalue weighted by Crippen LogP contribution is 2.27. The molecule has 0 unspecified atom stereocenters. The number of aryl methyl sites for hydroxylation is 1. The summed E-state index contributed by atoms with van der Waals surface area (Å²) < 4.78 is 10.5. The van der Waals surface area contributed by atoms with Gasteiger partial charge in [0, 0.05) is 12.1 Å². The van der Waals surface area contributed by atoms with Crippen LogP contribution in [0.2, 0.25) is 0 Å². The van der Waals surface area contributed by atoms with Crippen LogP contribution >= 0.6 is 0 Å². The van der Waals surface area contributed by atoms with Crippen molar-refractivity contribution in [2.75, 3.05) is 13.7 Å². The van der Waals surface area contributed by atoms with Crippen molar-refractivity contribution in [2.24, 2.45) is 0 Å². The van der Waals surface area contributed by atoms with Crippen molar-refractivity contribution in [1.82, 2.24) is 10.6 Å². The molecule has 2 N–H and O–H groups in total. The van der Waals surface area contributed by atoms with Crippen LogP contribution in [0.4, 0.5) is 0 Å². The van der Waals surface area contributed by atoms with Gasteiger partial charge < -0.3 is 19.8 Å². The van der Waals surface area contributed by atoms with E-state index >= 15 is 0 Å². The van der Waals surface area contributed by atoms with Crippen LogP contribution in [0.1, 0.15) is 21.7 Å². The van der Waals surface area contributed by atoms with Crippen LogP contribution in [-0.2, 0) is 11.3 Å². The van der Waals surface area contributed by atoms with Gasteiger partial charge in [0.2, 0.25) is 5.91 Å². The lowest BCUT2D eigenvalue weighted by atomic mass is 10.0. The number of nitrogens with one attached hydrogen (secondary N) is 2. The van der Waals surface area contributed by atoms with E-state index in [0.29, 0.717) is 23.6 Å². The van der Waals surface area contributed by atoms with Crippen LogP contribution in [-0.4, -0.2) is 25.5 Å². The fraction of sp³-hybridized carbons (Fsp3) is 0.200. The van der Waals surface area contributed by atoms with Crippen LogP contribution in [0.5, 0.6) is 5.75 Å². The fourth-order valence-electron chi connectivity index (χ4n) is 2.82. The molecule has 134 valence electrons. The third-order valence-electron chi connectivity index (χ3n) is 4.19. The zero-order valence-corrected chi connectivity index (χ0v) is 14.7. The molecule has 3 aromatic rings. The molecule has 0 radical (unpaired) electrons. The summed E-state index contributed by atoms with van der Waals surface area (Å²) >= 11 is 0. The van der Waals surface area contributed by atoms with E-state index in [1.54, 1.807) is 20.1 Å². The molecular formula is C20H20N2O4. The number of hydrogen-bond donors (Lipinski definition) is 2. The van der Waals surface area contributed by atoms with Gasteiger partial charge in [-0.15, -0.1) is 0 Å². The smallest absolute Gasteiger partial charge is 0.255 e. The fourth-order valence-corrected chi connectivity index (χ4v) is 2.82. The van der Waals surface area contributed by atoms with Crippen molar-refractivity contribution in [3.05, 3.63) is 65.6 Å². The first-order valence-electron chi connectivity index (χ1n) is 8.23. The van der Waals surface area contributed by atoms with Gasteiger partial charge in [0.1, 0.15) is 11.5 Å². The van der Waals surface area contributed by atoms with Crippen LogP contribution in [0, 0.1) is 6.92 Å². The summed E-state index contributed by atoms with van der Waals surface area (Å²) in [4.78, 5) is 24.1. The summed E-state index contributed by atoms with van der Waals surface area (Å²) in [5.41, 5.74) is 1.32. The number of fused-ring (bicyclic) bond motifs is 1. The van der Waals surface area contributed by atoms with E-state index in [0.717, 1.165) is 16.3 Å². The molecule has 0 saturated carbocycles. The molecule has 26 heavy (non-hydrogen) atoms. The Kier molecular flexibility index (Phi) is 5.22. The molecule has 6 heteroatoms. The highest BCUT2D eigenvalue weighted by Gasteiger charge is 2.13. The Morgan fingerprint density at radius 1 is 1.08 bits per heavy atom. The minimum atomic E-state index is -0.339. The molecule has 1 aromatic heterocycles. The summed E-state index contributed by atoms with van der Waals surface area (Å²) in [7, 11) is 1.60. The third-order valence-corrected chi connectivity index (χ3v) is 4.19. The number of furan rings is 1. The van der Waals surface area contributed by atoms with Crippen molar-refractivity contribution in [1.29, 1.82) is 0 Å². The summed E-state index contributed by atoms with van der Waals surface area (Å²) in [6, 6.07) is 13.3. The Bertz CT molecular complexity index is 946. The molecule has 3 rings (SSSR count). The SMILES string of the molecule is COc1ccc2ccccc2c1CNC(=O)CNC(=O)c1ccoc1C. The van der Waals surface area contributed by atoms with Crippen LogP contribution in [0.25, 0.3) is 10.8 Å². The zero-order valence-electron chi connectivity index (χ0n) is 14.7. The second kappa shape index (κ2) is 7.74. The summed E-state index contributed by atoms with van der Waals surface area (Å²) in [6.07, 6.45) is 1.44. The maximum absolute atomic E-state index is 12.1. The topological polar surface area (TPSA) is 80.6 Å². The largest absolute Gasteiger partial charge is 0.496 e. The number of hydrogen-bond acceptors (Lipinski definition) is 4. The normalized spacial score (nSPS) is 10.5. The van der Waals surface area contributed by atoms with E-state index < -0.39 is 0 Å². The van der Waals surface area contributed by atoms with Gasteiger partial charge in [0.05, 0.1) is 25.5 Å². The van der Waals surface area contributed by atoms with Crippen LogP contribution in [0.3, 0.4) is 0 Å². The van der Waals surface area contributed by atoms with E-state index in [-0.39, 0.29) is 18.4 Å². The maximum Gasteiger partial charge on any atom is 0.255 e. The Hall–Kier alpha value is -3.28. The molecule has 0 spiro atoms. The standard InChI is InChI=1S/C20H20N2O4/c1-13-15(9-10-26-13)20(24)22-12-19(23)21-11-17-16-6-4-3-5-14(16)7-8-18(17)25-2/h3-10H,11-12H2,1-2H3,(H,21,23)(H,22,24). The van der Waals surface area contributed by atoms with E-state index in [1.807, 2.05) is 36.4 Å². The number of carbonyl (C=O) groups excluding carboxylic acids is 2. The average molecular weight is 352 g/mol. The molecule has 2 amide bonds. The van der Waals surface area contributed by atoms with Gasteiger partial charge in [-0.1, -0.05) is 30.3 Å². The first kappa shape index (κ1) is 17.5. The zero-order chi connectivity index (χ0) is 18.5. The van der Waals surface area contributed by atoms with Gasteiger partial charge in [-0.05, 0) is 29.8 Å². The molecule has 0 aliphatic carbocycles. The molecule has 0 atom stereocenters. The average Bonchev–Trinajstić information content (AvgIpc) is 3.10. The first-order chi connectivity index (χ1) is 12.6. The predicted octanol–water partition coefficient (Wildman–Crippen LogP) is 2.80. The van der Waals surface area contributed by atoms with Gasteiger partial charge in [-0.3, -0.25) is 9.59 Å². The highest BCUT2D eigenvalue weighted by atomic mass is 16.5. The number of rotatable bonds is 6. The molecule has 0 bridgehead atoms. The summed E-state index contributed by atoms with van der Waals surface area (Å²) in [5.74, 6) is 0.606. The minimum Gasteiger partial charge on any atom is -0.496 e. The molecule has 0 fully saturated rings. The quantitative estimate of drug-likeness (QED) is 0.715. The van der Waals surface area contributed by atoms with Crippen molar-refractivity contribution >= 4 is 22.6 Å². The lowest BCUT2D eigenvalue weighted by Gasteiger charge is -2.13. The highest BCUT2D eigenvalue weighted by molar-refractivity contribution is 5.97. The van der Waals surface area contributed by atoms with E-state index in [9.17, 15) is 9.59 Å². The Labute approximate surface area is 151 Å². The molecule has 0 aliphatic heterocycles. The molecular weight excluding hydrogens is 332 g/mol. The molecule has 1 heterocycles. The lowest BCUT2D eigenvalue weighted by Crippen LogP contribution is -2.36. The summed E-state index contributed by atoms with van der Waals surface area (Å²) in [5, 5.41) is 7.50. The van der Waals surface area contributed by atoms with Crippen molar-refractivity contribution in [2.45, 2.75) is 13.5 Å². The predicted molar refractivity (Wildman–Crippen MR) is 98.1 cm³/mol. The second-order valence-electron chi connectivity index (χ2n) is 5.82. The number of amides is 2. The monoisotopic (exact) mass is 352 g/mol. The van der Waals surface area contributed by atoms with E-state index in [2.05, 4.69) is 10.6 Å². The van der Waals surface area contributed by atoms with Crippen LogP contribution in [0.15, 0.2) is 53.1 Å². The lowest BCUT2D eigenvalue weighted by molar-refractivity contribution is -0.120. The molecule has 6 nitrogen and oxygen atoms in total. The van der Waals surface area contributed by atoms with Crippen LogP contribution < -0.4 is 15.4 Å².